The number of carbonyl (C=O) groups is 1. The summed E-state index contributed by atoms with van der Waals surface area (Å²) in [5, 5.41) is 0. The summed E-state index contributed by atoms with van der Waals surface area (Å²) in [5.74, 6) is 0.239. The average Bonchev–Trinajstić information content (AvgIpc) is 2.60. The van der Waals surface area contributed by atoms with E-state index in [0.29, 0.717) is 18.7 Å². The van der Waals surface area contributed by atoms with E-state index in [0.717, 1.165) is 24.0 Å². The molecule has 1 unspecified atom stereocenters. The number of aromatic nitrogens is 2. The number of hydrogen-bond donors (Lipinski definition) is 1. The molecule has 1 amide bonds. The number of nitrogen functional groups attached to an aromatic ring is 1. The summed E-state index contributed by atoms with van der Waals surface area (Å²) in [6.07, 6.45) is 6.13. The first kappa shape index (κ1) is 18.3. The highest BCUT2D eigenvalue weighted by atomic mass is 32.2. The van der Waals surface area contributed by atoms with E-state index in [9.17, 15) is 13.2 Å². The molecular weight excluding hydrogens is 352 g/mol. The van der Waals surface area contributed by atoms with Crippen LogP contribution in [0, 0.1) is 5.92 Å². The van der Waals surface area contributed by atoms with Gasteiger partial charge in [0.25, 0.3) is 5.91 Å². The molecule has 2 aromatic rings. The summed E-state index contributed by atoms with van der Waals surface area (Å²) in [7, 11) is -3.05. The van der Waals surface area contributed by atoms with Crippen LogP contribution in [0.4, 0.5) is 5.95 Å². The van der Waals surface area contributed by atoms with Crippen LogP contribution >= 0.6 is 0 Å². The quantitative estimate of drug-likeness (QED) is 0.872. The van der Waals surface area contributed by atoms with Gasteiger partial charge in [0, 0.05) is 42.9 Å². The number of anilines is 1. The van der Waals surface area contributed by atoms with Gasteiger partial charge in [0.15, 0.2) is 0 Å². The number of sulfone groups is 1. The molecule has 7 nitrogen and oxygen atoms in total. The number of piperidine rings is 1. The maximum absolute atomic E-state index is 12.9. The topological polar surface area (TPSA) is 106 Å². The normalized spacial score (nSPS) is 17.9. The van der Waals surface area contributed by atoms with Crippen LogP contribution < -0.4 is 5.73 Å². The molecule has 0 spiro atoms. The van der Waals surface area contributed by atoms with Crippen molar-refractivity contribution in [2.24, 2.45) is 5.92 Å². The standard InChI is InChI=1S/C18H22N4O3S/c1-26(24,25)12-13-4-3-7-22(11-13)17(23)15-6-2-5-14(8-15)16-9-20-18(19)21-10-16/h2,5-6,8-10,13H,3-4,7,11-12H2,1H3,(H2,19,20,21). The van der Waals surface area contributed by atoms with Crippen LogP contribution in [0.5, 0.6) is 0 Å². The predicted molar refractivity (Wildman–Crippen MR) is 100 cm³/mol. The Morgan fingerprint density at radius 2 is 2.00 bits per heavy atom. The van der Waals surface area contributed by atoms with E-state index >= 15 is 0 Å². The zero-order valence-corrected chi connectivity index (χ0v) is 15.4. The molecule has 0 bridgehead atoms. The Morgan fingerprint density at radius 3 is 2.69 bits per heavy atom. The smallest absolute Gasteiger partial charge is 0.253 e. The minimum Gasteiger partial charge on any atom is -0.368 e. The Kier molecular flexibility index (Phi) is 5.22. The monoisotopic (exact) mass is 374 g/mol. The van der Waals surface area contributed by atoms with Crippen molar-refractivity contribution < 1.29 is 13.2 Å². The van der Waals surface area contributed by atoms with Crippen molar-refractivity contribution in [2.45, 2.75) is 12.8 Å². The molecule has 1 aliphatic rings. The fraction of sp³-hybridized carbons (Fsp3) is 0.389. The van der Waals surface area contributed by atoms with Crippen LogP contribution in [0.1, 0.15) is 23.2 Å². The van der Waals surface area contributed by atoms with Crippen molar-refractivity contribution in [3.8, 4) is 11.1 Å². The molecule has 0 saturated carbocycles. The number of amides is 1. The summed E-state index contributed by atoms with van der Waals surface area (Å²) in [6.45, 7) is 1.12. The Bertz CT molecular complexity index is 897. The van der Waals surface area contributed by atoms with Crippen molar-refractivity contribution in [3.63, 3.8) is 0 Å². The summed E-state index contributed by atoms with van der Waals surface area (Å²) < 4.78 is 23.1. The largest absolute Gasteiger partial charge is 0.368 e. The molecule has 1 saturated heterocycles. The van der Waals surface area contributed by atoms with Gasteiger partial charge in [-0.1, -0.05) is 12.1 Å². The molecule has 2 N–H and O–H groups in total. The number of rotatable bonds is 4. The second kappa shape index (κ2) is 7.41. The highest BCUT2D eigenvalue weighted by Gasteiger charge is 2.26. The van der Waals surface area contributed by atoms with Crippen molar-refractivity contribution in [1.82, 2.24) is 14.9 Å². The van der Waals surface area contributed by atoms with Crippen LogP contribution in [0.3, 0.4) is 0 Å². The molecule has 1 aromatic carbocycles. The lowest BCUT2D eigenvalue weighted by molar-refractivity contribution is 0.0684. The number of carbonyl (C=O) groups excluding carboxylic acids is 1. The Labute approximate surface area is 153 Å². The van der Waals surface area contributed by atoms with Crippen LogP contribution in [0.15, 0.2) is 36.7 Å². The lowest BCUT2D eigenvalue weighted by Gasteiger charge is -2.32. The molecular formula is C18H22N4O3S. The molecule has 0 radical (unpaired) electrons. The van der Waals surface area contributed by atoms with Crippen LogP contribution in [0.2, 0.25) is 0 Å². The minimum absolute atomic E-state index is 0.00335. The van der Waals surface area contributed by atoms with Gasteiger partial charge in [0.1, 0.15) is 9.84 Å². The van der Waals surface area contributed by atoms with Gasteiger partial charge in [-0.15, -0.1) is 0 Å². The minimum atomic E-state index is -3.05. The van der Waals surface area contributed by atoms with E-state index in [1.165, 1.54) is 6.26 Å². The SMILES string of the molecule is CS(=O)(=O)CC1CCCN(C(=O)c2cccc(-c3cnc(N)nc3)c2)C1. The van der Waals surface area contributed by atoms with E-state index < -0.39 is 9.84 Å². The number of nitrogens with two attached hydrogens (primary N) is 1. The van der Waals surface area contributed by atoms with Gasteiger partial charge in [0.2, 0.25) is 5.95 Å². The molecule has 2 heterocycles. The molecule has 138 valence electrons. The summed E-state index contributed by atoms with van der Waals surface area (Å²) >= 11 is 0. The van der Waals surface area contributed by atoms with E-state index in [-0.39, 0.29) is 23.5 Å². The average molecular weight is 374 g/mol. The van der Waals surface area contributed by atoms with Crippen molar-refractivity contribution >= 4 is 21.7 Å². The van der Waals surface area contributed by atoms with E-state index in [1.54, 1.807) is 29.4 Å². The van der Waals surface area contributed by atoms with Gasteiger partial charge in [-0.05, 0) is 36.5 Å². The first-order valence-corrected chi connectivity index (χ1v) is 10.5. The van der Waals surface area contributed by atoms with E-state index in [1.807, 2.05) is 12.1 Å². The highest BCUT2D eigenvalue weighted by Crippen LogP contribution is 2.23. The third-order valence-corrected chi connectivity index (χ3v) is 5.54. The fourth-order valence-corrected chi connectivity index (χ4v) is 4.44. The maximum atomic E-state index is 12.9. The summed E-state index contributed by atoms with van der Waals surface area (Å²) in [6, 6.07) is 7.27. The summed E-state index contributed by atoms with van der Waals surface area (Å²) in [5.41, 5.74) is 7.69. The number of nitrogens with zero attached hydrogens (tertiary/aromatic N) is 3. The first-order chi connectivity index (χ1) is 12.3. The van der Waals surface area contributed by atoms with Gasteiger partial charge >= 0.3 is 0 Å². The zero-order valence-electron chi connectivity index (χ0n) is 14.6. The molecule has 1 atom stereocenters. The van der Waals surface area contributed by atoms with Gasteiger partial charge < -0.3 is 10.6 Å². The lowest BCUT2D eigenvalue weighted by atomic mass is 9.98. The van der Waals surface area contributed by atoms with Gasteiger partial charge in [-0.2, -0.15) is 0 Å². The second-order valence-corrected chi connectivity index (χ2v) is 8.95. The van der Waals surface area contributed by atoms with Crippen LogP contribution in [-0.2, 0) is 9.84 Å². The molecule has 26 heavy (non-hydrogen) atoms. The Morgan fingerprint density at radius 1 is 1.27 bits per heavy atom. The molecule has 8 heteroatoms. The predicted octanol–water partition coefficient (Wildman–Crippen LogP) is 1.62. The number of hydrogen-bond acceptors (Lipinski definition) is 6. The number of likely N-dealkylation sites (tertiary alicyclic amines) is 1. The highest BCUT2D eigenvalue weighted by molar-refractivity contribution is 7.90. The molecule has 3 rings (SSSR count). The van der Waals surface area contributed by atoms with Crippen LogP contribution in [0.25, 0.3) is 11.1 Å². The van der Waals surface area contributed by atoms with Crippen molar-refractivity contribution in [2.75, 3.05) is 30.8 Å². The molecule has 0 aliphatic carbocycles. The van der Waals surface area contributed by atoms with E-state index in [4.69, 9.17) is 5.73 Å². The number of benzene rings is 1. The van der Waals surface area contributed by atoms with Gasteiger partial charge in [0.05, 0.1) is 5.75 Å². The molecule has 1 aromatic heterocycles. The van der Waals surface area contributed by atoms with E-state index in [2.05, 4.69) is 9.97 Å². The second-order valence-electron chi connectivity index (χ2n) is 6.76. The lowest BCUT2D eigenvalue weighted by Crippen LogP contribution is -2.41. The Hall–Kier alpha value is -2.48. The molecule has 1 aliphatic heterocycles. The van der Waals surface area contributed by atoms with Gasteiger partial charge in [-0.3, -0.25) is 4.79 Å². The van der Waals surface area contributed by atoms with Crippen LogP contribution in [-0.4, -0.2) is 54.3 Å². The third-order valence-electron chi connectivity index (χ3n) is 4.46. The zero-order chi connectivity index (χ0) is 18.7. The Balaban J connectivity index is 1.77. The summed E-state index contributed by atoms with van der Waals surface area (Å²) in [4.78, 5) is 22.6. The molecule has 1 fully saturated rings. The first-order valence-electron chi connectivity index (χ1n) is 8.47. The van der Waals surface area contributed by atoms with Gasteiger partial charge in [-0.25, -0.2) is 18.4 Å². The van der Waals surface area contributed by atoms with Crippen molar-refractivity contribution in [1.29, 1.82) is 0 Å². The van der Waals surface area contributed by atoms with Crippen molar-refractivity contribution in [3.05, 3.63) is 42.2 Å². The fourth-order valence-electron chi connectivity index (χ4n) is 3.32. The third kappa shape index (κ3) is 4.57. The maximum Gasteiger partial charge on any atom is 0.253 e.